The van der Waals surface area contributed by atoms with Gasteiger partial charge in [0.1, 0.15) is 9.84 Å². The molecule has 21 heavy (non-hydrogen) atoms. The maximum Gasteiger partial charge on any atom is 0.149 e. The highest BCUT2D eigenvalue weighted by molar-refractivity contribution is 7.90. The van der Waals surface area contributed by atoms with E-state index in [0.717, 1.165) is 11.3 Å². The van der Waals surface area contributed by atoms with E-state index in [4.69, 9.17) is 11.6 Å². The van der Waals surface area contributed by atoms with Crippen molar-refractivity contribution >= 4 is 27.1 Å². The fourth-order valence-electron chi connectivity index (χ4n) is 1.71. The van der Waals surface area contributed by atoms with Crippen molar-refractivity contribution in [1.82, 2.24) is 5.32 Å². The molecule has 0 aliphatic heterocycles. The minimum absolute atomic E-state index is 0.0360. The van der Waals surface area contributed by atoms with Gasteiger partial charge in [0.25, 0.3) is 0 Å². The predicted octanol–water partition coefficient (Wildman–Crippen LogP) is 2.71. The predicted molar refractivity (Wildman–Crippen MR) is 91.0 cm³/mol. The van der Waals surface area contributed by atoms with Gasteiger partial charge in [0, 0.05) is 42.6 Å². The van der Waals surface area contributed by atoms with E-state index in [0.29, 0.717) is 18.1 Å². The summed E-state index contributed by atoms with van der Waals surface area (Å²) in [5.74, 6) is 0.133. The molecule has 0 heterocycles. The first-order chi connectivity index (χ1) is 9.48. The molecule has 0 amide bonds. The second kappa shape index (κ2) is 6.99. The van der Waals surface area contributed by atoms with Crippen LogP contribution in [-0.4, -0.2) is 39.6 Å². The second-order valence-corrected chi connectivity index (χ2v) is 9.10. The van der Waals surface area contributed by atoms with Gasteiger partial charge in [0.15, 0.2) is 0 Å². The number of hydrogen-bond donors (Lipinski definition) is 1. The summed E-state index contributed by atoms with van der Waals surface area (Å²) in [6.45, 7) is 7.47. The van der Waals surface area contributed by atoms with Crippen LogP contribution in [0.25, 0.3) is 0 Å². The molecule has 0 aliphatic rings. The van der Waals surface area contributed by atoms with Crippen LogP contribution in [-0.2, 0) is 16.4 Å². The lowest BCUT2D eigenvalue weighted by atomic mass is 10.1. The van der Waals surface area contributed by atoms with Crippen molar-refractivity contribution < 1.29 is 8.42 Å². The third-order valence-electron chi connectivity index (χ3n) is 3.08. The maximum absolute atomic E-state index is 11.2. The standard InChI is InChI=1S/C15H25ClN2O2S/c1-15(2,3)17-11-12-6-7-13(10-14(12)16)18(4)8-9-21(5,19)20/h6-7,10,17H,8-9,11H2,1-5H3. The molecule has 0 unspecified atom stereocenters. The molecule has 1 aromatic rings. The molecule has 0 bridgehead atoms. The van der Waals surface area contributed by atoms with Crippen LogP contribution < -0.4 is 10.2 Å². The normalized spacial score (nSPS) is 12.5. The molecule has 0 fully saturated rings. The number of nitrogens with zero attached hydrogens (tertiary/aromatic N) is 1. The molecule has 1 aromatic carbocycles. The summed E-state index contributed by atoms with van der Waals surface area (Å²) < 4.78 is 22.4. The van der Waals surface area contributed by atoms with E-state index in [1.807, 2.05) is 30.1 Å². The minimum Gasteiger partial charge on any atom is -0.374 e. The van der Waals surface area contributed by atoms with Crippen LogP contribution in [0.1, 0.15) is 26.3 Å². The molecule has 4 nitrogen and oxygen atoms in total. The quantitative estimate of drug-likeness (QED) is 0.870. The number of hydrogen-bond acceptors (Lipinski definition) is 4. The van der Waals surface area contributed by atoms with Crippen molar-refractivity contribution in [1.29, 1.82) is 0 Å². The van der Waals surface area contributed by atoms with Crippen molar-refractivity contribution in [2.75, 3.05) is 30.5 Å². The molecular weight excluding hydrogens is 308 g/mol. The first-order valence-corrected chi connectivity index (χ1v) is 9.34. The zero-order valence-corrected chi connectivity index (χ0v) is 15.0. The Bertz CT molecular complexity index is 580. The molecule has 0 saturated heterocycles. The fourth-order valence-corrected chi connectivity index (χ4v) is 2.56. The lowest BCUT2D eigenvalue weighted by molar-refractivity contribution is 0.424. The Hall–Kier alpha value is -0.780. The van der Waals surface area contributed by atoms with Crippen LogP contribution in [0.15, 0.2) is 18.2 Å². The third kappa shape index (κ3) is 7.16. The second-order valence-electron chi connectivity index (χ2n) is 6.43. The molecule has 0 spiro atoms. The Morgan fingerprint density at radius 1 is 1.29 bits per heavy atom. The Kier molecular flexibility index (Phi) is 6.08. The summed E-state index contributed by atoms with van der Waals surface area (Å²) in [6.07, 6.45) is 1.25. The van der Waals surface area contributed by atoms with E-state index in [2.05, 4.69) is 26.1 Å². The molecule has 1 N–H and O–H groups in total. The highest BCUT2D eigenvalue weighted by atomic mass is 35.5. The fraction of sp³-hybridized carbons (Fsp3) is 0.600. The number of sulfone groups is 1. The van der Waals surface area contributed by atoms with Crippen LogP contribution in [0.2, 0.25) is 5.02 Å². The van der Waals surface area contributed by atoms with Crippen LogP contribution in [0.3, 0.4) is 0 Å². The van der Waals surface area contributed by atoms with Gasteiger partial charge in [-0.15, -0.1) is 0 Å². The molecular formula is C15H25ClN2O2S. The topological polar surface area (TPSA) is 49.4 Å². The van der Waals surface area contributed by atoms with E-state index >= 15 is 0 Å². The van der Waals surface area contributed by atoms with E-state index < -0.39 is 9.84 Å². The van der Waals surface area contributed by atoms with Crippen molar-refractivity contribution in [3.8, 4) is 0 Å². The number of benzene rings is 1. The van der Waals surface area contributed by atoms with Gasteiger partial charge in [-0.25, -0.2) is 8.42 Å². The molecule has 6 heteroatoms. The lowest BCUT2D eigenvalue weighted by Gasteiger charge is -2.22. The summed E-state index contributed by atoms with van der Waals surface area (Å²) >= 11 is 6.31. The number of anilines is 1. The van der Waals surface area contributed by atoms with Crippen LogP contribution in [0.5, 0.6) is 0 Å². The SMILES string of the molecule is CN(CCS(C)(=O)=O)c1ccc(CNC(C)(C)C)c(Cl)c1. The summed E-state index contributed by atoms with van der Waals surface area (Å²) in [7, 11) is -1.09. The first-order valence-electron chi connectivity index (χ1n) is 6.90. The molecule has 0 atom stereocenters. The molecule has 120 valence electrons. The van der Waals surface area contributed by atoms with Gasteiger partial charge in [0.2, 0.25) is 0 Å². The van der Waals surface area contributed by atoms with Crippen molar-refractivity contribution in [3.05, 3.63) is 28.8 Å². The third-order valence-corrected chi connectivity index (χ3v) is 4.36. The lowest BCUT2D eigenvalue weighted by Crippen LogP contribution is -2.35. The monoisotopic (exact) mass is 332 g/mol. The largest absolute Gasteiger partial charge is 0.374 e. The van der Waals surface area contributed by atoms with Gasteiger partial charge < -0.3 is 10.2 Å². The van der Waals surface area contributed by atoms with E-state index in [9.17, 15) is 8.42 Å². The van der Waals surface area contributed by atoms with Gasteiger partial charge in [-0.05, 0) is 38.5 Å². The van der Waals surface area contributed by atoms with Crippen LogP contribution >= 0.6 is 11.6 Å². The number of nitrogens with one attached hydrogen (secondary N) is 1. The summed E-state index contributed by atoms with van der Waals surface area (Å²) in [6, 6.07) is 5.82. The number of halogens is 1. The van der Waals surface area contributed by atoms with Gasteiger partial charge in [0.05, 0.1) is 5.75 Å². The van der Waals surface area contributed by atoms with Gasteiger partial charge in [-0.3, -0.25) is 0 Å². The van der Waals surface area contributed by atoms with Gasteiger partial charge in [-0.1, -0.05) is 17.7 Å². The van der Waals surface area contributed by atoms with Crippen LogP contribution in [0, 0.1) is 0 Å². The van der Waals surface area contributed by atoms with E-state index in [1.165, 1.54) is 6.26 Å². The number of rotatable bonds is 6. The van der Waals surface area contributed by atoms with Crippen molar-refractivity contribution in [2.24, 2.45) is 0 Å². The Morgan fingerprint density at radius 3 is 2.38 bits per heavy atom. The smallest absolute Gasteiger partial charge is 0.149 e. The molecule has 0 aromatic heterocycles. The molecule has 0 aliphatic carbocycles. The van der Waals surface area contributed by atoms with Gasteiger partial charge >= 0.3 is 0 Å². The summed E-state index contributed by atoms with van der Waals surface area (Å²) in [4.78, 5) is 1.90. The summed E-state index contributed by atoms with van der Waals surface area (Å²) in [5, 5.41) is 4.09. The molecule has 1 rings (SSSR count). The zero-order chi connectivity index (χ0) is 16.3. The van der Waals surface area contributed by atoms with Crippen LogP contribution in [0.4, 0.5) is 5.69 Å². The average Bonchev–Trinajstić information content (AvgIpc) is 2.32. The highest BCUT2D eigenvalue weighted by Gasteiger charge is 2.12. The first kappa shape index (κ1) is 18.3. The van der Waals surface area contributed by atoms with E-state index in [1.54, 1.807) is 0 Å². The minimum atomic E-state index is -2.96. The Labute approximate surface area is 133 Å². The summed E-state index contributed by atoms with van der Waals surface area (Å²) in [5.41, 5.74) is 1.99. The van der Waals surface area contributed by atoms with Crippen molar-refractivity contribution in [3.63, 3.8) is 0 Å². The molecule has 0 radical (unpaired) electrons. The highest BCUT2D eigenvalue weighted by Crippen LogP contribution is 2.23. The molecule has 0 saturated carbocycles. The Balaban J connectivity index is 2.73. The zero-order valence-electron chi connectivity index (χ0n) is 13.4. The van der Waals surface area contributed by atoms with Crippen molar-refractivity contribution in [2.45, 2.75) is 32.9 Å². The van der Waals surface area contributed by atoms with E-state index in [-0.39, 0.29) is 11.3 Å². The maximum atomic E-state index is 11.2. The average molecular weight is 333 g/mol. The van der Waals surface area contributed by atoms with Gasteiger partial charge in [-0.2, -0.15) is 0 Å². The Morgan fingerprint density at radius 2 is 1.90 bits per heavy atom.